The van der Waals surface area contributed by atoms with E-state index in [1.165, 1.54) is 38.8 Å². The quantitative estimate of drug-likeness (QED) is 0.719. The predicted molar refractivity (Wildman–Crippen MR) is 66.5 cm³/mol. The van der Waals surface area contributed by atoms with E-state index in [0.29, 0.717) is 6.10 Å². The molecule has 3 heteroatoms. The lowest BCUT2D eigenvalue weighted by Gasteiger charge is -2.37. The smallest absolute Gasteiger partial charge is 0.0702 e. The number of piperidine rings is 1. The number of nitrogens with zero attached hydrogens (tertiary/aromatic N) is 1. The van der Waals surface area contributed by atoms with Gasteiger partial charge in [-0.3, -0.25) is 0 Å². The molecule has 2 aliphatic rings. The van der Waals surface area contributed by atoms with Crippen molar-refractivity contribution in [3.05, 3.63) is 0 Å². The van der Waals surface area contributed by atoms with E-state index < -0.39 is 0 Å². The maximum absolute atomic E-state index is 5.79. The maximum atomic E-state index is 5.79. The molecule has 3 unspecified atom stereocenters. The number of alkyl halides is 1. The largest absolute Gasteiger partial charge is 0.377 e. The lowest BCUT2D eigenvalue weighted by molar-refractivity contribution is -0.0114. The zero-order chi connectivity index (χ0) is 10.7. The van der Waals surface area contributed by atoms with Gasteiger partial charge in [0, 0.05) is 24.5 Å². The first-order valence-corrected chi connectivity index (χ1v) is 7.15. The summed E-state index contributed by atoms with van der Waals surface area (Å²) in [5.74, 6) is 0.780. The van der Waals surface area contributed by atoms with E-state index in [0.717, 1.165) is 23.9 Å². The Kier molecular flexibility index (Phi) is 4.47. The van der Waals surface area contributed by atoms with Crippen LogP contribution in [0.25, 0.3) is 0 Å². The lowest BCUT2D eigenvalue weighted by atomic mass is 9.99. The van der Waals surface area contributed by atoms with Gasteiger partial charge in [-0.2, -0.15) is 0 Å². The molecule has 0 N–H and O–H groups in total. The second-order valence-corrected chi connectivity index (χ2v) is 6.21. The molecular formula is C12H22BrNO. The fourth-order valence-corrected chi connectivity index (χ4v) is 2.98. The van der Waals surface area contributed by atoms with Crippen LogP contribution in [-0.2, 0) is 4.74 Å². The molecule has 0 saturated carbocycles. The van der Waals surface area contributed by atoms with Gasteiger partial charge < -0.3 is 9.64 Å². The Morgan fingerprint density at radius 1 is 1.33 bits per heavy atom. The predicted octanol–water partition coefficient (Wildman–Crippen LogP) is 2.66. The van der Waals surface area contributed by atoms with Gasteiger partial charge in [-0.25, -0.2) is 0 Å². The van der Waals surface area contributed by atoms with Crippen molar-refractivity contribution < 1.29 is 4.74 Å². The second kappa shape index (κ2) is 5.65. The van der Waals surface area contributed by atoms with Crippen molar-refractivity contribution in [2.75, 3.05) is 26.2 Å². The summed E-state index contributed by atoms with van der Waals surface area (Å²) in [4.78, 5) is 3.30. The van der Waals surface area contributed by atoms with Crippen molar-refractivity contribution in [2.45, 2.75) is 43.5 Å². The Labute approximate surface area is 101 Å². The molecule has 2 heterocycles. The summed E-state index contributed by atoms with van der Waals surface area (Å²) in [6.07, 6.45) is 5.68. The molecule has 88 valence electrons. The van der Waals surface area contributed by atoms with E-state index in [1.54, 1.807) is 0 Å². The Bertz CT molecular complexity index is 194. The van der Waals surface area contributed by atoms with E-state index >= 15 is 0 Å². The van der Waals surface area contributed by atoms with Crippen LogP contribution in [0.3, 0.4) is 0 Å². The van der Waals surface area contributed by atoms with E-state index in [9.17, 15) is 0 Å². The van der Waals surface area contributed by atoms with Crippen molar-refractivity contribution in [2.24, 2.45) is 5.92 Å². The Hall–Kier alpha value is 0.400. The molecule has 0 aliphatic carbocycles. The van der Waals surface area contributed by atoms with Crippen LogP contribution in [0.5, 0.6) is 0 Å². The van der Waals surface area contributed by atoms with Crippen LogP contribution in [0.4, 0.5) is 0 Å². The third kappa shape index (κ3) is 3.43. The number of likely N-dealkylation sites (tertiary alicyclic amines) is 1. The average Bonchev–Trinajstić information content (AvgIpc) is 2.25. The van der Waals surface area contributed by atoms with Crippen molar-refractivity contribution >= 4 is 15.9 Å². The molecule has 3 atom stereocenters. The van der Waals surface area contributed by atoms with Crippen LogP contribution in [0, 0.1) is 5.92 Å². The van der Waals surface area contributed by atoms with Crippen LogP contribution in [-0.4, -0.2) is 42.1 Å². The second-order valence-electron chi connectivity index (χ2n) is 5.03. The van der Waals surface area contributed by atoms with Crippen molar-refractivity contribution in [1.29, 1.82) is 0 Å². The summed E-state index contributed by atoms with van der Waals surface area (Å²) < 4.78 is 5.79. The minimum absolute atomic E-state index is 0.512. The van der Waals surface area contributed by atoms with Crippen LogP contribution < -0.4 is 0 Å². The number of halogens is 1. The first-order chi connectivity index (χ1) is 7.25. The molecular weight excluding hydrogens is 254 g/mol. The highest BCUT2D eigenvalue weighted by Gasteiger charge is 2.26. The van der Waals surface area contributed by atoms with Crippen LogP contribution in [0.1, 0.15) is 32.6 Å². The van der Waals surface area contributed by atoms with Crippen LogP contribution in [0.2, 0.25) is 0 Å². The van der Waals surface area contributed by atoms with Crippen molar-refractivity contribution in [3.63, 3.8) is 0 Å². The maximum Gasteiger partial charge on any atom is 0.0702 e. The first-order valence-electron chi connectivity index (χ1n) is 6.23. The zero-order valence-corrected chi connectivity index (χ0v) is 11.2. The Morgan fingerprint density at radius 3 is 2.87 bits per heavy atom. The fraction of sp³-hybridized carbons (Fsp3) is 1.00. The molecule has 2 saturated heterocycles. The minimum Gasteiger partial charge on any atom is -0.377 e. The van der Waals surface area contributed by atoms with Gasteiger partial charge in [-0.15, -0.1) is 0 Å². The van der Waals surface area contributed by atoms with E-state index in [1.807, 2.05) is 0 Å². The molecule has 0 radical (unpaired) electrons. The van der Waals surface area contributed by atoms with Gasteiger partial charge in [-0.05, 0) is 38.1 Å². The molecule has 0 amide bonds. The third-order valence-corrected chi connectivity index (χ3v) is 4.98. The number of hydrogen-bond acceptors (Lipinski definition) is 2. The molecule has 0 aromatic rings. The standard InChI is InChI=1S/C12H22BrNO/c1-10-8-14(6-5-12(10)13)9-11-4-2-3-7-15-11/h10-12H,2-9H2,1H3. The first kappa shape index (κ1) is 11.9. The highest BCUT2D eigenvalue weighted by molar-refractivity contribution is 9.09. The van der Waals surface area contributed by atoms with Gasteiger partial charge in [0.15, 0.2) is 0 Å². The molecule has 2 aliphatic heterocycles. The van der Waals surface area contributed by atoms with Crippen LogP contribution >= 0.6 is 15.9 Å². The summed E-state index contributed by atoms with van der Waals surface area (Å²) in [6, 6.07) is 0. The monoisotopic (exact) mass is 275 g/mol. The van der Waals surface area contributed by atoms with Crippen LogP contribution in [0.15, 0.2) is 0 Å². The highest BCUT2D eigenvalue weighted by atomic mass is 79.9. The molecule has 0 aromatic heterocycles. The Morgan fingerprint density at radius 2 is 2.20 bits per heavy atom. The summed E-state index contributed by atoms with van der Waals surface area (Å²) in [7, 11) is 0. The number of ether oxygens (including phenoxy) is 1. The summed E-state index contributed by atoms with van der Waals surface area (Å²) in [5, 5.41) is 0. The van der Waals surface area contributed by atoms with E-state index in [4.69, 9.17) is 4.74 Å². The molecule has 15 heavy (non-hydrogen) atoms. The summed E-state index contributed by atoms with van der Waals surface area (Å²) >= 11 is 3.75. The molecule has 2 rings (SSSR count). The normalized spacial score (nSPS) is 39.2. The van der Waals surface area contributed by atoms with Gasteiger partial charge in [-0.1, -0.05) is 22.9 Å². The average molecular weight is 276 g/mol. The van der Waals surface area contributed by atoms with Gasteiger partial charge in [0.1, 0.15) is 0 Å². The van der Waals surface area contributed by atoms with E-state index in [2.05, 4.69) is 27.8 Å². The molecule has 2 nitrogen and oxygen atoms in total. The molecule has 2 fully saturated rings. The third-order valence-electron chi connectivity index (χ3n) is 3.62. The zero-order valence-electron chi connectivity index (χ0n) is 9.62. The summed E-state index contributed by atoms with van der Waals surface area (Å²) in [6.45, 7) is 6.95. The molecule has 0 spiro atoms. The SMILES string of the molecule is CC1CN(CC2CCCCO2)CCC1Br. The van der Waals surface area contributed by atoms with E-state index in [-0.39, 0.29) is 0 Å². The van der Waals surface area contributed by atoms with Crippen molar-refractivity contribution in [1.82, 2.24) is 4.90 Å². The fourth-order valence-electron chi connectivity index (χ4n) is 2.61. The molecule has 0 bridgehead atoms. The number of hydrogen-bond donors (Lipinski definition) is 0. The van der Waals surface area contributed by atoms with Gasteiger partial charge in [0.2, 0.25) is 0 Å². The van der Waals surface area contributed by atoms with Gasteiger partial charge in [0.25, 0.3) is 0 Å². The topological polar surface area (TPSA) is 12.5 Å². The van der Waals surface area contributed by atoms with Gasteiger partial charge in [0.05, 0.1) is 6.10 Å². The highest BCUT2D eigenvalue weighted by Crippen LogP contribution is 2.24. The number of rotatable bonds is 2. The summed E-state index contributed by atoms with van der Waals surface area (Å²) in [5.41, 5.74) is 0. The Balaban J connectivity index is 1.74. The minimum atomic E-state index is 0.512. The van der Waals surface area contributed by atoms with Crippen molar-refractivity contribution in [3.8, 4) is 0 Å². The molecule has 0 aromatic carbocycles. The lowest BCUT2D eigenvalue weighted by Crippen LogP contribution is -2.44. The van der Waals surface area contributed by atoms with Gasteiger partial charge >= 0.3 is 0 Å².